The molecule has 110 valence electrons. The van der Waals surface area contributed by atoms with Crippen LogP contribution in [0.15, 0.2) is 48.7 Å². The first-order valence-corrected chi connectivity index (χ1v) is 6.72. The van der Waals surface area contributed by atoms with Gasteiger partial charge in [-0.05, 0) is 36.8 Å². The number of aliphatic hydroxyl groups excluding tert-OH is 1. The molecule has 0 saturated heterocycles. The van der Waals surface area contributed by atoms with Crippen molar-refractivity contribution in [2.45, 2.75) is 13.0 Å². The predicted molar refractivity (Wildman–Crippen MR) is 79.3 cm³/mol. The van der Waals surface area contributed by atoms with Gasteiger partial charge in [-0.25, -0.2) is 0 Å². The maximum absolute atomic E-state index is 11.7. The van der Waals surface area contributed by atoms with Crippen LogP contribution in [0.5, 0.6) is 5.75 Å². The highest BCUT2D eigenvalue weighted by Crippen LogP contribution is 2.12. The van der Waals surface area contributed by atoms with Crippen LogP contribution in [0.4, 0.5) is 0 Å². The first-order valence-electron chi connectivity index (χ1n) is 6.72. The van der Waals surface area contributed by atoms with Crippen LogP contribution >= 0.6 is 0 Å². The minimum Gasteiger partial charge on any atom is -0.491 e. The van der Waals surface area contributed by atoms with E-state index in [1.165, 1.54) is 0 Å². The van der Waals surface area contributed by atoms with E-state index in [2.05, 4.69) is 10.3 Å². The lowest BCUT2D eigenvalue weighted by Crippen LogP contribution is -2.35. The third-order valence-electron chi connectivity index (χ3n) is 2.83. The number of carbonyl (C=O) groups is 1. The van der Waals surface area contributed by atoms with Crippen LogP contribution < -0.4 is 10.1 Å². The van der Waals surface area contributed by atoms with E-state index in [1.54, 1.807) is 24.4 Å². The van der Waals surface area contributed by atoms with Gasteiger partial charge in [-0.1, -0.05) is 18.2 Å². The Kier molecular flexibility index (Phi) is 5.29. The molecule has 2 aromatic rings. The topological polar surface area (TPSA) is 71.5 Å². The Bertz CT molecular complexity index is 587. The fourth-order valence-electron chi connectivity index (χ4n) is 1.75. The van der Waals surface area contributed by atoms with E-state index in [9.17, 15) is 9.90 Å². The van der Waals surface area contributed by atoms with Crippen LogP contribution in [0, 0.1) is 6.92 Å². The van der Waals surface area contributed by atoms with Gasteiger partial charge in [0, 0.05) is 12.7 Å². The second kappa shape index (κ2) is 7.40. The highest BCUT2D eigenvalue weighted by atomic mass is 16.5. The quantitative estimate of drug-likeness (QED) is 0.845. The van der Waals surface area contributed by atoms with Crippen LogP contribution in [-0.2, 0) is 0 Å². The van der Waals surface area contributed by atoms with Crippen molar-refractivity contribution in [3.63, 3.8) is 0 Å². The molecule has 1 unspecified atom stereocenters. The summed E-state index contributed by atoms with van der Waals surface area (Å²) in [5, 5.41) is 12.4. The second-order valence-electron chi connectivity index (χ2n) is 4.71. The van der Waals surface area contributed by atoms with Gasteiger partial charge in [-0.15, -0.1) is 0 Å². The third-order valence-corrected chi connectivity index (χ3v) is 2.83. The molecular weight excluding hydrogens is 268 g/mol. The summed E-state index contributed by atoms with van der Waals surface area (Å²) in [4.78, 5) is 15.7. The Morgan fingerprint density at radius 3 is 2.90 bits per heavy atom. The minimum absolute atomic E-state index is 0.112. The van der Waals surface area contributed by atoms with Crippen LogP contribution in [0.2, 0.25) is 0 Å². The summed E-state index contributed by atoms with van der Waals surface area (Å²) < 4.78 is 5.47. The normalized spacial score (nSPS) is 11.7. The zero-order valence-corrected chi connectivity index (χ0v) is 11.8. The molecule has 5 heteroatoms. The van der Waals surface area contributed by atoms with E-state index < -0.39 is 6.10 Å². The molecule has 0 aliphatic heterocycles. The third kappa shape index (κ3) is 4.89. The van der Waals surface area contributed by atoms with Gasteiger partial charge in [0.15, 0.2) is 0 Å². The van der Waals surface area contributed by atoms with E-state index in [1.807, 2.05) is 31.2 Å². The van der Waals surface area contributed by atoms with Crippen LogP contribution in [0.3, 0.4) is 0 Å². The number of aliphatic hydroxyl groups is 1. The summed E-state index contributed by atoms with van der Waals surface area (Å²) in [6.07, 6.45) is 0.768. The second-order valence-corrected chi connectivity index (χ2v) is 4.71. The molecule has 0 radical (unpaired) electrons. The molecule has 1 amide bonds. The summed E-state index contributed by atoms with van der Waals surface area (Å²) in [5.74, 6) is 0.385. The number of ether oxygens (including phenoxy) is 1. The molecule has 2 N–H and O–H groups in total. The van der Waals surface area contributed by atoms with Crippen molar-refractivity contribution in [2.75, 3.05) is 13.2 Å². The van der Waals surface area contributed by atoms with E-state index in [4.69, 9.17) is 4.74 Å². The average Bonchev–Trinajstić information content (AvgIpc) is 2.51. The Morgan fingerprint density at radius 1 is 1.33 bits per heavy atom. The van der Waals surface area contributed by atoms with E-state index in [0.29, 0.717) is 11.4 Å². The summed E-state index contributed by atoms with van der Waals surface area (Å²) in [5.41, 5.74) is 1.41. The molecular formula is C16H18N2O3. The number of aryl methyl sites for hydroxylation is 1. The smallest absolute Gasteiger partial charge is 0.269 e. The molecule has 1 heterocycles. The van der Waals surface area contributed by atoms with E-state index in [-0.39, 0.29) is 19.1 Å². The van der Waals surface area contributed by atoms with Crippen LogP contribution in [0.1, 0.15) is 16.1 Å². The predicted octanol–water partition coefficient (Wildman–Crippen LogP) is 1.56. The van der Waals surface area contributed by atoms with Gasteiger partial charge in [-0.3, -0.25) is 9.78 Å². The number of hydrogen-bond donors (Lipinski definition) is 2. The fourth-order valence-corrected chi connectivity index (χ4v) is 1.75. The van der Waals surface area contributed by atoms with E-state index in [0.717, 1.165) is 5.56 Å². The van der Waals surface area contributed by atoms with Crippen molar-refractivity contribution in [1.29, 1.82) is 0 Å². The molecule has 0 fully saturated rings. The number of amides is 1. The zero-order chi connectivity index (χ0) is 15.1. The largest absolute Gasteiger partial charge is 0.491 e. The number of rotatable bonds is 6. The molecule has 1 aromatic carbocycles. The van der Waals surface area contributed by atoms with Gasteiger partial charge >= 0.3 is 0 Å². The minimum atomic E-state index is -0.779. The highest BCUT2D eigenvalue weighted by molar-refractivity contribution is 5.92. The number of carbonyl (C=O) groups excluding carboxylic acids is 1. The van der Waals surface area contributed by atoms with Crippen molar-refractivity contribution < 1.29 is 14.6 Å². The first-order chi connectivity index (χ1) is 10.1. The molecule has 0 aliphatic rings. The summed E-state index contributed by atoms with van der Waals surface area (Å²) in [7, 11) is 0. The maximum Gasteiger partial charge on any atom is 0.269 e. The summed E-state index contributed by atoms with van der Waals surface area (Å²) in [6, 6.07) is 12.7. The zero-order valence-electron chi connectivity index (χ0n) is 11.8. The number of hydrogen-bond acceptors (Lipinski definition) is 4. The Labute approximate surface area is 123 Å². The Morgan fingerprint density at radius 2 is 2.19 bits per heavy atom. The standard InChI is InChI=1S/C16H18N2O3/c1-12-5-4-6-14(9-12)21-11-13(19)10-18-16(20)15-7-2-3-8-17-15/h2-9,13,19H,10-11H2,1H3,(H,18,20). The van der Waals surface area contributed by atoms with E-state index >= 15 is 0 Å². The van der Waals surface area contributed by atoms with Crippen molar-refractivity contribution in [3.8, 4) is 5.75 Å². The van der Waals surface area contributed by atoms with Gasteiger partial charge in [0.25, 0.3) is 5.91 Å². The number of nitrogens with one attached hydrogen (secondary N) is 1. The Hall–Kier alpha value is -2.40. The van der Waals surface area contributed by atoms with Crippen molar-refractivity contribution >= 4 is 5.91 Å². The first kappa shape index (κ1) is 15.0. The molecule has 5 nitrogen and oxygen atoms in total. The molecule has 0 aliphatic carbocycles. The lowest BCUT2D eigenvalue weighted by Gasteiger charge is -2.13. The molecule has 0 saturated carbocycles. The SMILES string of the molecule is Cc1cccc(OCC(O)CNC(=O)c2ccccn2)c1. The molecule has 0 bridgehead atoms. The van der Waals surface area contributed by atoms with Gasteiger partial charge in [0.2, 0.25) is 0 Å². The lowest BCUT2D eigenvalue weighted by molar-refractivity contribution is 0.0840. The number of benzene rings is 1. The number of pyridine rings is 1. The van der Waals surface area contributed by atoms with Crippen molar-refractivity contribution in [3.05, 3.63) is 59.9 Å². The lowest BCUT2D eigenvalue weighted by atomic mass is 10.2. The summed E-state index contributed by atoms with van der Waals surface area (Å²) >= 11 is 0. The Balaban J connectivity index is 1.75. The van der Waals surface area contributed by atoms with Crippen LogP contribution in [0.25, 0.3) is 0 Å². The maximum atomic E-state index is 11.7. The monoisotopic (exact) mass is 286 g/mol. The summed E-state index contributed by atoms with van der Waals surface area (Å²) in [6.45, 7) is 2.20. The molecule has 0 spiro atoms. The van der Waals surface area contributed by atoms with Gasteiger partial charge in [0.05, 0.1) is 0 Å². The van der Waals surface area contributed by atoms with Gasteiger partial charge in [0.1, 0.15) is 24.2 Å². The molecule has 1 atom stereocenters. The van der Waals surface area contributed by atoms with Crippen molar-refractivity contribution in [1.82, 2.24) is 10.3 Å². The average molecular weight is 286 g/mol. The van der Waals surface area contributed by atoms with Crippen LogP contribution in [-0.4, -0.2) is 35.3 Å². The molecule has 1 aromatic heterocycles. The number of aromatic nitrogens is 1. The van der Waals surface area contributed by atoms with Gasteiger partial charge in [-0.2, -0.15) is 0 Å². The highest BCUT2D eigenvalue weighted by Gasteiger charge is 2.10. The van der Waals surface area contributed by atoms with Gasteiger partial charge < -0.3 is 15.2 Å². The molecule has 2 rings (SSSR count). The van der Waals surface area contributed by atoms with Crippen molar-refractivity contribution in [2.24, 2.45) is 0 Å². The number of nitrogens with zero attached hydrogens (tertiary/aromatic N) is 1. The fraction of sp³-hybridized carbons (Fsp3) is 0.250. The molecule has 21 heavy (non-hydrogen) atoms.